The maximum Gasteiger partial charge on any atom is 0.302 e. The van der Waals surface area contributed by atoms with E-state index in [1.54, 1.807) is 6.92 Å². The Hall–Kier alpha value is -2.30. The lowest BCUT2D eigenvalue weighted by molar-refractivity contribution is -0.142. The number of nitrogens with zero attached hydrogens (tertiary/aromatic N) is 1. The molecular weight excluding hydrogens is 256 g/mol. The van der Waals surface area contributed by atoms with Crippen LogP contribution in [0.25, 0.3) is 10.9 Å². The zero-order chi connectivity index (χ0) is 14.9. The lowest BCUT2D eigenvalue weighted by atomic mass is 10.1. The molecule has 1 N–H and O–H groups in total. The van der Waals surface area contributed by atoms with Crippen molar-refractivity contribution in [3.8, 4) is 0 Å². The Morgan fingerprint density at radius 3 is 2.65 bits per heavy atom. The first-order chi connectivity index (χ1) is 9.40. The van der Waals surface area contributed by atoms with Gasteiger partial charge in [-0.3, -0.25) is 9.59 Å². The van der Waals surface area contributed by atoms with E-state index in [-0.39, 0.29) is 12.0 Å². The summed E-state index contributed by atoms with van der Waals surface area (Å²) in [5.74, 6) is -0.397. The van der Waals surface area contributed by atoms with Gasteiger partial charge in [0.2, 0.25) is 0 Å². The first kappa shape index (κ1) is 14.1. The number of ether oxygens (including phenoxy) is 1. The minimum Gasteiger partial charge on any atom is -0.461 e. The molecule has 0 amide bonds. The molecule has 20 heavy (non-hydrogen) atoms. The highest BCUT2D eigenvalue weighted by Crippen LogP contribution is 2.18. The summed E-state index contributed by atoms with van der Waals surface area (Å²) < 4.78 is 4.95. The number of hydrogen-bond donors (Lipinski definition) is 1. The molecular formula is C15H18N2O3. The summed E-state index contributed by atoms with van der Waals surface area (Å²) in [6.45, 7) is 3.13. The summed E-state index contributed by atoms with van der Waals surface area (Å²) in [6, 6.07) is 5.67. The van der Waals surface area contributed by atoms with Crippen molar-refractivity contribution in [3.05, 3.63) is 39.7 Å². The number of aromatic nitrogens is 1. The van der Waals surface area contributed by atoms with E-state index in [9.17, 15) is 9.59 Å². The zero-order valence-electron chi connectivity index (χ0n) is 12.1. The molecule has 1 aromatic carbocycles. The fraction of sp³-hybridized carbons (Fsp3) is 0.333. The van der Waals surface area contributed by atoms with Gasteiger partial charge in [-0.05, 0) is 25.1 Å². The van der Waals surface area contributed by atoms with Gasteiger partial charge in [0, 0.05) is 43.3 Å². The van der Waals surface area contributed by atoms with Crippen molar-refractivity contribution in [1.29, 1.82) is 0 Å². The summed E-state index contributed by atoms with van der Waals surface area (Å²) in [5, 5.41) is 0.601. The molecule has 0 fully saturated rings. The minimum absolute atomic E-state index is 0.00136. The van der Waals surface area contributed by atoms with Crippen LogP contribution >= 0.6 is 0 Å². The second-order valence-corrected chi connectivity index (χ2v) is 4.96. The maximum absolute atomic E-state index is 12.5. The van der Waals surface area contributed by atoms with Crippen LogP contribution in [0.4, 0.5) is 5.69 Å². The second kappa shape index (κ2) is 5.36. The van der Waals surface area contributed by atoms with E-state index in [0.717, 1.165) is 16.9 Å². The number of rotatable bonds is 3. The highest BCUT2D eigenvalue weighted by molar-refractivity contribution is 5.83. The van der Waals surface area contributed by atoms with Gasteiger partial charge in [0.15, 0.2) is 5.43 Å². The van der Waals surface area contributed by atoms with E-state index in [1.165, 1.54) is 6.92 Å². The van der Waals surface area contributed by atoms with Crippen LogP contribution < -0.4 is 10.3 Å². The Kier molecular flexibility index (Phi) is 3.79. The molecule has 0 spiro atoms. The van der Waals surface area contributed by atoms with Crippen LogP contribution in [-0.4, -0.2) is 25.0 Å². The van der Waals surface area contributed by atoms with Crippen molar-refractivity contribution in [2.24, 2.45) is 0 Å². The number of aryl methyl sites for hydroxylation is 1. The van der Waals surface area contributed by atoms with Gasteiger partial charge in [0.1, 0.15) is 6.61 Å². The smallest absolute Gasteiger partial charge is 0.302 e. The number of pyridine rings is 1. The SMILES string of the molecule is CC(=O)OCc1c(C)[nH]c2ccc(N(C)C)cc2c1=O. The van der Waals surface area contributed by atoms with E-state index in [2.05, 4.69) is 4.98 Å². The zero-order valence-corrected chi connectivity index (χ0v) is 12.1. The number of aromatic amines is 1. The number of fused-ring (bicyclic) bond motifs is 1. The van der Waals surface area contributed by atoms with Gasteiger partial charge >= 0.3 is 5.97 Å². The van der Waals surface area contributed by atoms with Crippen LogP contribution in [0, 0.1) is 6.92 Å². The summed E-state index contributed by atoms with van der Waals surface area (Å²) in [4.78, 5) is 28.5. The molecule has 106 valence electrons. The summed E-state index contributed by atoms with van der Waals surface area (Å²) >= 11 is 0. The molecule has 5 nitrogen and oxygen atoms in total. The molecule has 0 bridgehead atoms. The third kappa shape index (κ3) is 2.66. The summed E-state index contributed by atoms with van der Waals surface area (Å²) in [6.07, 6.45) is 0. The van der Waals surface area contributed by atoms with Crippen molar-refractivity contribution in [2.75, 3.05) is 19.0 Å². The highest BCUT2D eigenvalue weighted by Gasteiger charge is 2.11. The Labute approximate surface area is 117 Å². The van der Waals surface area contributed by atoms with E-state index in [1.807, 2.05) is 37.2 Å². The van der Waals surface area contributed by atoms with Crippen molar-refractivity contribution >= 4 is 22.6 Å². The number of anilines is 1. The van der Waals surface area contributed by atoms with E-state index < -0.39 is 5.97 Å². The van der Waals surface area contributed by atoms with Crippen LogP contribution in [0.2, 0.25) is 0 Å². The van der Waals surface area contributed by atoms with E-state index >= 15 is 0 Å². The highest BCUT2D eigenvalue weighted by atomic mass is 16.5. The average molecular weight is 274 g/mol. The van der Waals surface area contributed by atoms with Gasteiger partial charge in [-0.2, -0.15) is 0 Å². The van der Waals surface area contributed by atoms with Crippen molar-refractivity contribution < 1.29 is 9.53 Å². The predicted octanol–water partition coefficient (Wildman–Crippen LogP) is 1.97. The number of H-pyrrole nitrogens is 1. The number of hydrogen-bond acceptors (Lipinski definition) is 4. The second-order valence-electron chi connectivity index (χ2n) is 4.96. The normalized spacial score (nSPS) is 10.6. The standard InChI is InChI=1S/C15H18N2O3/c1-9-13(8-20-10(2)18)15(19)12-7-11(17(3)4)5-6-14(12)16-9/h5-7H,8H2,1-4H3,(H,16,19). The largest absolute Gasteiger partial charge is 0.461 e. The van der Waals surface area contributed by atoms with Crippen LogP contribution in [0.1, 0.15) is 18.2 Å². The van der Waals surface area contributed by atoms with E-state index in [4.69, 9.17) is 4.74 Å². The average Bonchev–Trinajstić information content (AvgIpc) is 2.37. The fourth-order valence-electron chi connectivity index (χ4n) is 2.07. The number of carbonyl (C=O) groups is 1. The van der Waals surface area contributed by atoms with Crippen LogP contribution in [-0.2, 0) is 16.1 Å². The third-order valence-electron chi connectivity index (χ3n) is 3.23. The number of carbonyl (C=O) groups excluding carboxylic acids is 1. The molecule has 5 heteroatoms. The lowest BCUT2D eigenvalue weighted by Gasteiger charge is -2.14. The molecule has 1 heterocycles. The Balaban J connectivity index is 2.59. The molecule has 0 aliphatic carbocycles. The monoisotopic (exact) mass is 274 g/mol. The first-order valence-electron chi connectivity index (χ1n) is 6.36. The topological polar surface area (TPSA) is 62.4 Å². The Morgan fingerprint density at radius 1 is 1.35 bits per heavy atom. The van der Waals surface area contributed by atoms with Gasteiger partial charge in [0.25, 0.3) is 0 Å². The molecule has 0 unspecified atom stereocenters. The van der Waals surface area contributed by atoms with Crippen molar-refractivity contribution in [2.45, 2.75) is 20.5 Å². The first-order valence-corrected chi connectivity index (χ1v) is 6.36. The molecule has 2 aromatic rings. The minimum atomic E-state index is -0.397. The van der Waals surface area contributed by atoms with Crippen molar-refractivity contribution in [3.63, 3.8) is 0 Å². The molecule has 0 saturated carbocycles. The molecule has 1 aromatic heterocycles. The third-order valence-corrected chi connectivity index (χ3v) is 3.23. The van der Waals surface area contributed by atoms with Gasteiger partial charge in [-0.15, -0.1) is 0 Å². The van der Waals surface area contributed by atoms with Crippen LogP contribution in [0.3, 0.4) is 0 Å². The Bertz CT molecular complexity index is 717. The van der Waals surface area contributed by atoms with Crippen LogP contribution in [0.15, 0.2) is 23.0 Å². The summed E-state index contributed by atoms with van der Waals surface area (Å²) in [5.41, 5.74) is 2.85. The quantitative estimate of drug-likeness (QED) is 0.869. The lowest BCUT2D eigenvalue weighted by Crippen LogP contribution is -2.16. The van der Waals surface area contributed by atoms with Gasteiger partial charge in [-0.1, -0.05) is 0 Å². The Morgan fingerprint density at radius 2 is 2.05 bits per heavy atom. The number of benzene rings is 1. The van der Waals surface area contributed by atoms with Gasteiger partial charge in [-0.25, -0.2) is 0 Å². The van der Waals surface area contributed by atoms with Gasteiger partial charge < -0.3 is 14.6 Å². The van der Waals surface area contributed by atoms with Crippen molar-refractivity contribution in [1.82, 2.24) is 4.98 Å². The van der Waals surface area contributed by atoms with Crippen LogP contribution in [0.5, 0.6) is 0 Å². The number of nitrogens with one attached hydrogen (secondary N) is 1. The fourth-order valence-corrected chi connectivity index (χ4v) is 2.07. The number of esters is 1. The molecule has 0 aliphatic heterocycles. The maximum atomic E-state index is 12.5. The predicted molar refractivity (Wildman–Crippen MR) is 79.1 cm³/mol. The molecule has 0 radical (unpaired) electrons. The summed E-state index contributed by atoms with van der Waals surface area (Å²) in [7, 11) is 3.84. The molecule has 0 saturated heterocycles. The molecule has 2 rings (SSSR count). The van der Waals surface area contributed by atoms with E-state index in [0.29, 0.717) is 10.9 Å². The molecule has 0 aliphatic rings. The molecule has 0 atom stereocenters. The van der Waals surface area contributed by atoms with Gasteiger partial charge in [0.05, 0.1) is 5.56 Å².